The molecular weight excluding hydrogens is 420 g/mol. The third-order valence-electron chi connectivity index (χ3n) is 4.56. The van der Waals surface area contributed by atoms with Gasteiger partial charge in [-0.15, -0.1) is 0 Å². The minimum atomic E-state index is -0.993. The van der Waals surface area contributed by atoms with Crippen molar-refractivity contribution < 1.29 is 24.2 Å². The molecule has 0 aliphatic carbocycles. The highest BCUT2D eigenvalue weighted by molar-refractivity contribution is 6.09. The van der Waals surface area contributed by atoms with E-state index in [1.54, 1.807) is 66.7 Å². The number of amides is 1. The zero-order valence-electron chi connectivity index (χ0n) is 17.9. The fourth-order valence-corrected chi connectivity index (χ4v) is 2.94. The first kappa shape index (κ1) is 23.1. The van der Waals surface area contributed by atoms with Crippen molar-refractivity contribution in [2.24, 2.45) is 0 Å². The molecule has 0 aliphatic rings. The Balaban J connectivity index is 1.62. The molecule has 0 saturated heterocycles. The number of carboxylic acid groups (broad SMARTS) is 1. The SMILES string of the molecule is CCOc1ccc(NC(=O)/C(C#N)=C/c2ccc(OCc3cccc(C(=O)O)c3)cc2)cc1. The number of carbonyl (C=O) groups is 2. The van der Waals surface area contributed by atoms with Gasteiger partial charge in [-0.3, -0.25) is 4.79 Å². The summed E-state index contributed by atoms with van der Waals surface area (Å²) in [5.41, 5.74) is 2.11. The van der Waals surface area contributed by atoms with Crippen LogP contribution in [0.15, 0.2) is 78.4 Å². The van der Waals surface area contributed by atoms with E-state index >= 15 is 0 Å². The van der Waals surface area contributed by atoms with Crippen LogP contribution in [0.25, 0.3) is 6.08 Å². The van der Waals surface area contributed by atoms with Crippen molar-refractivity contribution in [2.45, 2.75) is 13.5 Å². The number of aromatic carboxylic acids is 1. The number of hydrogen-bond acceptors (Lipinski definition) is 5. The summed E-state index contributed by atoms with van der Waals surface area (Å²) < 4.78 is 11.1. The van der Waals surface area contributed by atoms with Gasteiger partial charge in [0.1, 0.15) is 29.7 Å². The number of carbonyl (C=O) groups excluding carboxylic acids is 1. The van der Waals surface area contributed by atoms with Gasteiger partial charge in [0.2, 0.25) is 0 Å². The molecular formula is C26H22N2O5. The van der Waals surface area contributed by atoms with Gasteiger partial charge in [-0.25, -0.2) is 4.79 Å². The number of rotatable bonds is 9. The zero-order valence-corrected chi connectivity index (χ0v) is 17.9. The van der Waals surface area contributed by atoms with Crippen LogP contribution in [0.3, 0.4) is 0 Å². The molecule has 33 heavy (non-hydrogen) atoms. The number of nitrogens with one attached hydrogen (secondary N) is 1. The molecule has 0 aromatic heterocycles. The van der Waals surface area contributed by atoms with Gasteiger partial charge < -0.3 is 19.9 Å². The first-order valence-electron chi connectivity index (χ1n) is 10.2. The van der Waals surface area contributed by atoms with Gasteiger partial charge in [0.05, 0.1) is 12.2 Å². The molecule has 0 radical (unpaired) electrons. The van der Waals surface area contributed by atoms with Crippen LogP contribution in [0.5, 0.6) is 11.5 Å². The summed E-state index contributed by atoms with van der Waals surface area (Å²) in [6.45, 7) is 2.65. The van der Waals surface area contributed by atoms with E-state index in [1.807, 2.05) is 13.0 Å². The molecule has 0 heterocycles. The van der Waals surface area contributed by atoms with Crippen LogP contribution in [0, 0.1) is 11.3 Å². The maximum Gasteiger partial charge on any atom is 0.335 e. The van der Waals surface area contributed by atoms with E-state index in [2.05, 4.69) is 5.32 Å². The van der Waals surface area contributed by atoms with Crippen LogP contribution in [-0.4, -0.2) is 23.6 Å². The lowest BCUT2D eigenvalue weighted by Gasteiger charge is -2.08. The quantitative estimate of drug-likeness (QED) is 0.360. The Morgan fingerprint density at radius 1 is 1.00 bits per heavy atom. The Bertz CT molecular complexity index is 1190. The van der Waals surface area contributed by atoms with Crippen molar-refractivity contribution in [1.82, 2.24) is 0 Å². The largest absolute Gasteiger partial charge is 0.494 e. The van der Waals surface area contributed by atoms with Crippen molar-refractivity contribution in [2.75, 3.05) is 11.9 Å². The first-order chi connectivity index (χ1) is 16.0. The molecule has 1 amide bonds. The van der Waals surface area contributed by atoms with Crippen molar-refractivity contribution in [3.63, 3.8) is 0 Å². The molecule has 0 aliphatic heterocycles. The summed E-state index contributed by atoms with van der Waals surface area (Å²) in [7, 11) is 0. The van der Waals surface area contributed by atoms with Gasteiger partial charge in [-0.2, -0.15) is 5.26 Å². The Morgan fingerprint density at radius 3 is 2.30 bits per heavy atom. The highest BCUT2D eigenvalue weighted by Crippen LogP contribution is 2.19. The van der Waals surface area contributed by atoms with E-state index in [9.17, 15) is 14.9 Å². The molecule has 3 rings (SSSR count). The topological polar surface area (TPSA) is 109 Å². The van der Waals surface area contributed by atoms with Crippen LogP contribution in [0.2, 0.25) is 0 Å². The number of nitriles is 1. The van der Waals surface area contributed by atoms with Crippen molar-refractivity contribution in [1.29, 1.82) is 5.26 Å². The molecule has 2 N–H and O–H groups in total. The van der Waals surface area contributed by atoms with Gasteiger partial charge in [-0.1, -0.05) is 24.3 Å². The van der Waals surface area contributed by atoms with Crippen LogP contribution in [-0.2, 0) is 11.4 Å². The first-order valence-corrected chi connectivity index (χ1v) is 10.2. The Labute approximate surface area is 191 Å². The van der Waals surface area contributed by atoms with E-state index in [1.165, 1.54) is 12.1 Å². The molecule has 0 saturated carbocycles. The Morgan fingerprint density at radius 2 is 1.67 bits per heavy atom. The number of nitrogens with zero attached hydrogens (tertiary/aromatic N) is 1. The number of anilines is 1. The lowest BCUT2D eigenvalue weighted by atomic mass is 10.1. The van der Waals surface area contributed by atoms with Gasteiger partial charge >= 0.3 is 5.97 Å². The van der Waals surface area contributed by atoms with Gasteiger partial charge in [0.15, 0.2) is 0 Å². The summed E-state index contributed by atoms with van der Waals surface area (Å²) in [6.07, 6.45) is 1.49. The minimum Gasteiger partial charge on any atom is -0.494 e. The van der Waals surface area contributed by atoms with Crippen molar-refractivity contribution in [3.8, 4) is 17.6 Å². The molecule has 0 spiro atoms. The predicted octanol–water partition coefficient (Wildman–Crippen LogP) is 4.91. The Hall–Kier alpha value is -4.57. The van der Waals surface area contributed by atoms with E-state index in [0.717, 1.165) is 5.56 Å². The summed E-state index contributed by atoms with van der Waals surface area (Å²) in [4.78, 5) is 23.5. The van der Waals surface area contributed by atoms with E-state index in [4.69, 9.17) is 14.6 Å². The van der Waals surface area contributed by atoms with E-state index in [0.29, 0.717) is 29.4 Å². The predicted molar refractivity (Wildman–Crippen MR) is 124 cm³/mol. The molecule has 7 heteroatoms. The van der Waals surface area contributed by atoms with Crippen LogP contribution in [0.4, 0.5) is 5.69 Å². The molecule has 0 bridgehead atoms. The Kier molecular flexibility index (Phi) is 7.81. The summed E-state index contributed by atoms with van der Waals surface area (Å²) in [5.74, 6) is -0.234. The molecule has 0 unspecified atom stereocenters. The maximum absolute atomic E-state index is 12.5. The second kappa shape index (κ2) is 11.2. The molecule has 7 nitrogen and oxygen atoms in total. The van der Waals surface area contributed by atoms with E-state index < -0.39 is 11.9 Å². The number of hydrogen-bond donors (Lipinski definition) is 2. The summed E-state index contributed by atoms with van der Waals surface area (Å²) in [5, 5.41) is 21.2. The maximum atomic E-state index is 12.5. The van der Waals surface area contributed by atoms with Gasteiger partial charge in [0.25, 0.3) is 5.91 Å². The fourth-order valence-electron chi connectivity index (χ4n) is 2.94. The smallest absolute Gasteiger partial charge is 0.335 e. The third kappa shape index (κ3) is 6.71. The van der Waals surface area contributed by atoms with Gasteiger partial charge in [0, 0.05) is 5.69 Å². The van der Waals surface area contributed by atoms with Crippen molar-refractivity contribution in [3.05, 3.63) is 95.1 Å². The lowest BCUT2D eigenvalue weighted by Crippen LogP contribution is -2.13. The molecule has 166 valence electrons. The van der Waals surface area contributed by atoms with E-state index in [-0.39, 0.29) is 17.7 Å². The fraction of sp³-hybridized carbons (Fsp3) is 0.115. The normalized spacial score (nSPS) is 10.7. The van der Waals surface area contributed by atoms with Crippen LogP contribution in [0.1, 0.15) is 28.4 Å². The molecule has 0 atom stereocenters. The summed E-state index contributed by atoms with van der Waals surface area (Å²) in [6, 6.07) is 22.2. The number of benzene rings is 3. The zero-order chi connectivity index (χ0) is 23.6. The molecule has 3 aromatic carbocycles. The average Bonchev–Trinajstić information content (AvgIpc) is 2.83. The highest BCUT2D eigenvalue weighted by atomic mass is 16.5. The van der Waals surface area contributed by atoms with Crippen LogP contribution < -0.4 is 14.8 Å². The highest BCUT2D eigenvalue weighted by Gasteiger charge is 2.10. The standard InChI is InChI=1S/C26H22N2O5/c1-2-32-23-12-8-22(9-13-23)28-25(29)21(16-27)14-18-6-10-24(11-7-18)33-17-19-4-3-5-20(15-19)26(30)31/h3-15H,2,17H2,1H3,(H,28,29)(H,30,31)/b21-14+. The second-order valence-corrected chi connectivity index (χ2v) is 6.94. The lowest BCUT2D eigenvalue weighted by molar-refractivity contribution is -0.112. The monoisotopic (exact) mass is 442 g/mol. The number of ether oxygens (including phenoxy) is 2. The van der Waals surface area contributed by atoms with Crippen molar-refractivity contribution >= 4 is 23.6 Å². The summed E-state index contributed by atoms with van der Waals surface area (Å²) >= 11 is 0. The third-order valence-corrected chi connectivity index (χ3v) is 4.56. The van der Waals surface area contributed by atoms with Gasteiger partial charge in [-0.05, 0) is 72.7 Å². The second-order valence-electron chi connectivity index (χ2n) is 6.94. The molecule has 0 fully saturated rings. The molecule has 3 aromatic rings. The van der Waals surface area contributed by atoms with Crippen LogP contribution >= 0.6 is 0 Å². The number of carboxylic acids is 1. The average molecular weight is 442 g/mol. The minimum absolute atomic E-state index is 0.0389.